The molecule has 3 aromatic rings. The number of amides is 4. The molecule has 33 heavy (non-hydrogen) atoms. The average Bonchev–Trinajstić information content (AvgIpc) is 3.35. The number of likely N-dealkylation sites (tertiary alicyclic amines) is 1. The first-order chi connectivity index (χ1) is 15.8. The maximum Gasteiger partial charge on any atom is 0.325 e. The van der Waals surface area contributed by atoms with Crippen molar-refractivity contribution in [2.24, 2.45) is 0 Å². The van der Waals surface area contributed by atoms with Crippen LogP contribution in [0.2, 0.25) is 0 Å². The highest BCUT2D eigenvalue weighted by Crippen LogP contribution is 2.31. The van der Waals surface area contributed by atoms with E-state index in [4.69, 9.17) is 0 Å². The van der Waals surface area contributed by atoms with E-state index >= 15 is 0 Å². The van der Waals surface area contributed by atoms with E-state index in [1.807, 2.05) is 43.3 Å². The maximum atomic E-state index is 13.1. The topological polar surface area (TPSA) is 85.5 Å². The first kappa shape index (κ1) is 21.2. The van der Waals surface area contributed by atoms with E-state index in [-0.39, 0.29) is 12.5 Å². The fourth-order valence-corrected chi connectivity index (χ4v) is 4.91. The Balaban J connectivity index is 1.22. The molecule has 2 fully saturated rings. The minimum absolute atomic E-state index is 0.193. The molecule has 2 aliphatic heterocycles. The van der Waals surface area contributed by atoms with Gasteiger partial charge in [0.05, 0.1) is 0 Å². The molecule has 1 unspecified atom stereocenters. The van der Waals surface area contributed by atoms with Crippen molar-refractivity contribution in [1.82, 2.24) is 20.1 Å². The number of aryl methyl sites for hydroxylation is 1. The average molecular weight is 445 g/mol. The van der Waals surface area contributed by atoms with Crippen LogP contribution in [0.15, 0.2) is 54.6 Å². The van der Waals surface area contributed by atoms with Gasteiger partial charge in [-0.15, -0.1) is 0 Å². The van der Waals surface area contributed by atoms with Crippen LogP contribution in [0.5, 0.6) is 0 Å². The van der Waals surface area contributed by atoms with Crippen LogP contribution in [-0.4, -0.2) is 52.3 Å². The Morgan fingerprint density at radius 1 is 1.06 bits per heavy atom. The Bertz CT molecular complexity index is 1190. The Morgan fingerprint density at radius 3 is 2.45 bits per heavy atom. The highest BCUT2D eigenvalue weighted by Gasteiger charge is 2.49. The van der Waals surface area contributed by atoms with Crippen LogP contribution < -0.4 is 5.32 Å². The summed E-state index contributed by atoms with van der Waals surface area (Å²) in [5.41, 5.74) is 2.95. The van der Waals surface area contributed by atoms with Crippen LogP contribution >= 0.6 is 0 Å². The third kappa shape index (κ3) is 3.77. The number of hydrogen-bond acceptors (Lipinski definition) is 3. The minimum Gasteiger partial charge on any atom is -0.358 e. The lowest BCUT2D eigenvalue weighted by molar-refractivity contribution is -0.139. The predicted molar refractivity (Wildman–Crippen MR) is 126 cm³/mol. The summed E-state index contributed by atoms with van der Waals surface area (Å²) in [5.74, 6) is -0.220. The van der Waals surface area contributed by atoms with Crippen molar-refractivity contribution >= 4 is 28.7 Å². The zero-order valence-electron chi connectivity index (χ0n) is 18.9. The molecule has 0 saturated carbocycles. The van der Waals surface area contributed by atoms with Crippen molar-refractivity contribution in [2.45, 2.75) is 38.1 Å². The number of imide groups is 1. The number of nitrogens with zero attached hydrogens (tertiary/aromatic N) is 2. The second kappa shape index (κ2) is 8.06. The standard InChI is InChI=1S/C26H28N4O3/c1-17-7-9-20(10-8-17)26(2)24(32)30(25(33)28-26)16-23(31)29-13-11-18(12-14-29)22-15-19-5-3-4-6-21(19)27-22/h3-10,15,18,27H,11-14,16H2,1-2H3,(H,28,33). The lowest BCUT2D eigenvalue weighted by Crippen LogP contribution is -2.46. The van der Waals surface area contributed by atoms with Gasteiger partial charge in [0.2, 0.25) is 5.91 Å². The van der Waals surface area contributed by atoms with Crippen LogP contribution in [0, 0.1) is 6.92 Å². The molecule has 3 heterocycles. The molecular formula is C26H28N4O3. The molecule has 0 radical (unpaired) electrons. The number of piperidine rings is 1. The lowest BCUT2D eigenvalue weighted by Gasteiger charge is -2.32. The first-order valence-corrected chi connectivity index (χ1v) is 11.4. The van der Waals surface area contributed by atoms with Gasteiger partial charge in [0.1, 0.15) is 12.1 Å². The van der Waals surface area contributed by atoms with E-state index in [2.05, 4.69) is 28.5 Å². The third-order valence-electron chi connectivity index (χ3n) is 7.04. The van der Waals surface area contributed by atoms with Crippen molar-refractivity contribution in [3.05, 3.63) is 71.4 Å². The number of aromatic nitrogens is 1. The molecule has 2 aliphatic rings. The van der Waals surface area contributed by atoms with Crippen LogP contribution in [0.25, 0.3) is 10.9 Å². The number of aromatic amines is 1. The summed E-state index contributed by atoms with van der Waals surface area (Å²) < 4.78 is 0. The molecule has 4 amide bonds. The number of urea groups is 1. The van der Waals surface area contributed by atoms with Gasteiger partial charge >= 0.3 is 6.03 Å². The zero-order chi connectivity index (χ0) is 23.2. The Labute approximate surface area is 192 Å². The van der Waals surface area contributed by atoms with E-state index in [1.54, 1.807) is 11.8 Å². The Morgan fingerprint density at radius 2 is 1.76 bits per heavy atom. The molecule has 0 spiro atoms. The largest absolute Gasteiger partial charge is 0.358 e. The van der Waals surface area contributed by atoms with E-state index in [1.165, 1.54) is 11.1 Å². The van der Waals surface area contributed by atoms with Crippen molar-refractivity contribution in [3.63, 3.8) is 0 Å². The fourth-order valence-electron chi connectivity index (χ4n) is 4.91. The molecule has 1 atom stereocenters. The monoisotopic (exact) mass is 444 g/mol. The van der Waals surface area contributed by atoms with E-state index in [9.17, 15) is 14.4 Å². The number of rotatable bonds is 4. The number of hydrogen-bond donors (Lipinski definition) is 2. The fraction of sp³-hybridized carbons (Fsp3) is 0.346. The van der Waals surface area contributed by atoms with Gasteiger partial charge in [-0.05, 0) is 49.8 Å². The van der Waals surface area contributed by atoms with Crippen molar-refractivity contribution in [3.8, 4) is 0 Å². The molecule has 7 heteroatoms. The number of nitrogens with one attached hydrogen (secondary N) is 2. The SMILES string of the molecule is Cc1ccc(C2(C)NC(=O)N(CC(=O)N3CCC(c4cc5ccccc5[nH]4)CC3)C2=O)cc1. The second-order valence-corrected chi connectivity index (χ2v) is 9.28. The number of benzene rings is 2. The maximum absolute atomic E-state index is 13.1. The van der Waals surface area contributed by atoms with Crippen LogP contribution in [0.1, 0.15) is 42.5 Å². The molecule has 2 saturated heterocycles. The van der Waals surface area contributed by atoms with Gasteiger partial charge < -0.3 is 15.2 Å². The predicted octanol–water partition coefficient (Wildman–Crippen LogP) is 3.65. The molecule has 2 aromatic carbocycles. The van der Waals surface area contributed by atoms with Crippen molar-refractivity contribution < 1.29 is 14.4 Å². The minimum atomic E-state index is -1.16. The van der Waals surface area contributed by atoms with Crippen LogP contribution in [-0.2, 0) is 15.1 Å². The van der Waals surface area contributed by atoms with Crippen LogP contribution in [0.3, 0.4) is 0 Å². The lowest BCUT2D eigenvalue weighted by atomic mass is 9.91. The molecule has 0 aliphatic carbocycles. The van der Waals surface area contributed by atoms with Gasteiger partial charge in [-0.1, -0.05) is 48.0 Å². The smallest absolute Gasteiger partial charge is 0.325 e. The number of carbonyl (C=O) groups is 3. The zero-order valence-corrected chi connectivity index (χ0v) is 18.9. The summed E-state index contributed by atoms with van der Waals surface area (Å²) >= 11 is 0. The molecule has 1 aromatic heterocycles. The van der Waals surface area contributed by atoms with Crippen LogP contribution in [0.4, 0.5) is 4.79 Å². The molecule has 2 N–H and O–H groups in total. The number of carbonyl (C=O) groups excluding carboxylic acids is 3. The third-order valence-corrected chi connectivity index (χ3v) is 7.04. The van der Waals surface area contributed by atoms with Gasteiger partial charge in [0, 0.05) is 30.2 Å². The second-order valence-electron chi connectivity index (χ2n) is 9.28. The molecule has 5 rings (SSSR count). The van der Waals surface area contributed by atoms with Crippen molar-refractivity contribution in [2.75, 3.05) is 19.6 Å². The molecule has 7 nitrogen and oxygen atoms in total. The van der Waals surface area contributed by atoms with Gasteiger partial charge in [-0.25, -0.2) is 4.79 Å². The first-order valence-electron chi connectivity index (χ1n) is 11.4. The van der Waals surface area contributed by atoms with Gasteiger partial charge in [0.25, 0.3) is 5.91 Å². The molecule has 0 bridgehead atoms. The summed E-state index contributed by atoms with van der Waals surface area (Å²) in [6.45, 7) is 4.64. The summed E-state index contributed by atoms with van der Waals surface area (Å²) in [5, 5.41) is 3.97. The normalized spacial score (nSPS) is 21.6. The quantitative estimate of drug-likeness (QED) is 0.603. The Hall–Kier alpha value is -3.61. The molecule has 170 valence electrons. The number of H-pyrrole nitrogens is 1. The Kier molecular flexibility index (Phi) is 5.19. The van der Waals surface area contributed by atoms with Gasteiger partial charge in [0.15, 0.2) is 0 Å². The van der Waals surface area contributed by atoms with E-state index < -0.39 is 17.5 Å². The number of para-hydroxylation sites is 1. The summed E-state index contributed by atoms with van der Waals surface area (Å²) in [6.07, 6.45) is 1.69. The highest BCUT2D eigenvalue weighted by molar-refractivity contribution is 6.09. The van der Waals surface area contributed by atoms with E-state index in [0.717, 1.165) is 28.8 Å². The summed E-state index contributed by atoms with van der Waals surface area (Å²) in [6, 6.07) is 17.4. The van der Waals surface area contributed by atoms with Crippen molar-refractivity contribution in [1.29, 1.82) is 0 Å². The highest BCUT2D eigenvalue weighted by atomic mass is 16.2. The molecular weight excluding hydrogens is 416 g/mol. The van der Waals surface area contributed by atoms with E-state index in [0.29, 0.717) is 24.6 Å². The van der Waals surface area contributed by atoms with Gasteiger partial charge in [-0.3, -0.25) is 14.5 Å². The summed E-state index contributed by atoms with van der Waals surface area (Å²) in [4.78, 5) is 45.0. The number of fused-ring (bicyclic) bond motifs is 1. The summed E-state index contributed by atoms with van der Waals surface area (Å²) in [7, 11) is 0. The van der Waals surface area contributed by atoms with Gasteiger partial charge in [-0.2, -0.15) is 0 Å².